The molecule has 0 radical (unpaired) electrons. The number of nitrogens with one attached hydrogen (secondary N) is 1. The molecule has 0 bridgehead atoms. The van der Waals surface area contributed by atoms with Crippen molar-refractivity contribution in [3.63, 3.8) is 0 Å². The predicted molar refractivity (Wildman–Crippen MR) is 189 cm³/mol. The molecule has 4 aromatic rings. The molecule has 20 heteroatoms. The highest BCUT2D eigenvalue weighted by Gasteiger charge is 2.29. The van der Waals surface area contributed by atoms with E-state index in [2.05, 4.69) is 19.7 Å². The van der Waals surface area contributed by atoms with Crippen molar-refractivity contribution in [1.82, 2.24) is 15.1 Å². The Kier molecular flexibility index (Phi) is 12.3. The number of rotatable bonds is 17. The van der Waals surface area contributed by atoms with Gasteiger partial charge in [0, 0.05) is 70.7 Å². The summed E-state index contributed by atoms with van der Waals surface area (Å²) in [5, 5.41) is 30.5. The van der Waals surface area contributed by atoms with E-state index < -0.39 is 15.0 Å². The van der Waals surface area contributed by atoms with Crippen molar-refractivity contribution in [2.24, 2.45) is 5.92 Å². The van der Waals surface area contributed by atoms with Gasteiger partial charge in [0.25, 0.3) is 27.8 Å². The van der Waals surface area contributed by atoms with Crippen molar-refractivity contribution in [3.8, 4) is 5.75 Å². The van der Waals surface area contributed by atoms with Gasteiger partial charge in [-0.15, -0.1) is 8.67 Å². The summed E-state index contributed by atoms with van der Waals surface area (Å²) in [6.07, 6.45) is 5.50. The summed E-state index contributed by atoms with van der Waals surface area (Å²) in [5.41, 5.74) is 0. The molecule has 282 valence electrons. The van der Waals surface area contributed by atoms with Gasteiger partial charge >= 0.3 is 0 Å². The number of hydrogen-bond acceptors (Lipinski definition) is 15. The summed E-state index contributed by atoms with van der Waals surface area (Å²) in [6, 6.07) is 9.17. The monoisotopic (exact) mass is 791 g/mol. The third-order valence-electron chi connectivity index (χ3n) is 9.16. The van der Waals surface area contributed by atoms with Crippen molar-refractivity contribution >= 4 is 90.1 Å². The maximum Gasteiger partial charge on any atom is 0.295 e. The molecule has 1 fully saturated rings. The Balaban J connectivity index is 1.11. The first-order chi connectivity index (χ1) is 25.5. The van der Waals surface area contributed by atoms with E-state index in [4.69, 9.17) is 19.6 Å². The molecule has 4 amide bonds. The minimum absolute atomic E-state index is 0.0932. The van der Waals surface area contributed by atoms with E-state index in [0.29, 0.717) is 108 Å². The van der Waals surface area contributed by atoms with Crippen LogP contribution in [0.2, 0.25) is 0 Å². The van der Waals surface area contributed by atoms with Gasteiger partial charge in [-0.05, 0) is 61.1 Å². The normalized spacial score (nSPS) is 15.5. The highest BCUT2D eigenvalue weighted by Crippen LogP contribution is 2.47. The second kappa shape index (κ2) is 16.9. The van der Waals surface area contributed by atoms with Crippen LogP contribution in [0.3, 0.4) is 0 Å². The largest absolute Gasteiger partial charge is 0.483 e. The first-order valence-electron chi connectivity index (χ1n) is 16.3. The smallest absolute Gasteiger partial charge is 0.295 e. The van der Waals surface area contributed by atoms with Gasteiger partial charge in [0.1, 0.15) is 10.6 Å². The lowest BCUT2D eigenvalue weighted by Gasteiger charge is -2.31. The topological polar surface area (TPSA) is 228 Å². The lowest BCUT2D eigenvalue weighted by Crippen LogP contribution is -2.44. The fourth-order valence-corrected chi connectivity index (χ4v) is 8.48. The van der Waals surface area contributed by atoms with E-state index in [1.165, 1.54) is 29.2 Å². The number of carbonyl (C=O) groups excluding carboxylic acids is 4. The van der Waals surface area contributed by atoms with Gasteiger partial charge in [0.15, 0.2) is 6.61 Å². The number of amides is 4. The van der Waals surface area contributed by atoms with Gasteiger partial charge in [0.05, 0.1) is 29.0 Å². The third-order valence-corrected chi connectivity index (χ3v) is 11.3. The summed E-state index contributed by atoms with van der Waals surface area (Å²) < 4.78 is 50.3. The van der Waals surface area contributed by atoms with Crippen LogP contribution >= 0.6 is 24.1 Å². The Labute approximate surface area is 310 Å². The average Bonchev–Trinajstić information content (AvgIpc) is 3.47. The van der Waals surface area contributed by atoms with Crippen LogP contribution < -0.4 is 10.1 Å². The maximum atomic E-state index is 13.3. The predicted octanol–water partition coefficient (Wildman–Crippen LogP) is 4.52. The fraction of sp³-hybridized carbons (Fsp3) is 0.333. The van der Waals surface area contributed by atoms with E-state index in [1.807, 2.05) is 0 Å². The molecule has 6 rings (SSSR count). The molecule has 0 aromatic heterocycles. The van der Waals surface area contributed by atoms with Gasteiger partial charge in [-0.25, -0.2) is 10.5 Å². The molecule has 0 aliphatic carbocycles. The lowest BCUT2D eigenvalue weighted by molar-refractivity contribution is -0.432. The maximum absolute atomic E-state index is 13.3. The number of imide groups is 1. The van der Waals surface area contributed by atoms with Crippen LogP contribution in [0.5, 0.6) is 5.75 Å². The number of ether oxygens (including phenoxy) is 1. The van der Waals surface area contributed by atoms with E-state index in [-0.39, 0.29) is 52.2 Å². The van der Waals surface area contributed by atoms with E-state index in [1.54, 1.807) is 29.2 Å². The minimum Gasteiger partial charge on any atom is -0.483 e. The quantitative estimate of drug-likeness (QED) is 0.0219. The lowest BCUT2D eigenvalue weighted by atomic mass is 9.93. The second-order valence-corrected chi connectivity index (χ2v) is 15.1. The van der Waals surface area contributed by atoms with Crippen molar-refractivity contribution in [2.45, 2.75) is 46.8 Å². The Bertz CT molecular complexity index is 2150. The van der Waals surface area contributed by atoms with Crippen LogP contribution in [0.4, 0.5) is 0 Å². The fourth-order valence-electron chi connectivity index (χ4n) is 6.64. The highest BCUT2D eigenvalue weighted by molar-refractivity contribution is 7.95. The number of nitrogens with zero attached hydrogens (tertiary/aromatic N) is 2. The number of likely N-dealkylation sites (tertiary alicyclic amines) is 1. The van der Waals surface area contributed by atoms with Crippen LogP contribution in [-0.4, -0.2) is 89.7 Å². The molecule has 2 aliphatic heterocycles. The molecule has 0 spiro atoms. The Morgan fingerprint density at radius 1 is 0.830 bits per heavy atom. The van der Waals surface area contributed by atoms with Crippen molar-refractivity contribution in [3.05, 3.63) is 48.6 Å². The average molecular weight is 792 g/mol. The molecule has 4 aromatic carbocycles. The molecular formula is C33H33N3O14S3. The van der Waals surface area contributed by atoms with Crippen LogP contribution in [0.1, 0.15) is 32.1 Å². The number of hydrogen-bond donors (Lipinski definition) is 4. The summed E-state index contributed by atoms with van der Waals surface area (Å²) in [6.45, 7) is 1.11. The number of benzene rings is 4. The first-order valence-corrected chi connectivity index (χ1v) is 19.2. The molecule has 0 unspecified atom stereocenters. The SMILES string of the molecule is O=C(NCCCCCN1C(=O)C=CC1=O)C1CCN(C(=O)COc2cc(SOOO)c3ccc4c(SOOO)cc(S(=O)(=O)O)c5ccc2c3c45)CC1. The van der Waals surface area contributed by atoms with E-state index >= 15 is 0 Å². The summed E-state index contributed by atoms with van der Waals surface area (Å²) >= 11 is 1.14. The molecule has 17 nitrogen and oxygen atoms in total. The standard InChI is InChI=1S/C33H33N3O14S3/c37-28-8-9-29(38)36(28)13-3-1-2-12-34-33(40)19-10-14-35(15-11-19)30(39)18-46-24-16-25(51-49-47-41)21-5-6-22-26(52-50-48-42)17-27(53(43,44)45)23-7-4-20(24)31(21)32(22)23/h4-9,16-17,19,41-42H,1-3,10-15,18H2,(H,34,40)(H,43,44,45). The van der Waals surface area contributed by atoms with Gasteiger partial charge < -0.3 is 15.0 Å². The molecule has 0 atom stereocenters. The Hall–Kier alpha value is -4.09. The summed E-state index contributed by atoms with van der Waals surface area (Å²) in [7, 11) is -4.75. The van der Waals surface area contributed by atoms with Gasteiger partial charge in [-0.2, -0.15) is 8.42 Å². The Morgan fingerprint density at radius 2 is 1.42 bits per heavy atom. The molecular weight excluding hydrogens is 759 g/mol. The summed E-state index contributed by atoms with van der Waals surface area (Å²) in [4.78, 5) is 52.3. The molecule has 0 saturated carbocycles. The van der Waals surface area contributed by atoms with Crippen LogP contribution in [0.15, 0.2) is 63.2 Å². The van der Waals surface area contributed by atoms with Gasteiger partial charge in [-0.3, -0.25) is 28.6 Å². The van der Waals surface area contributed by atoms with Crippen molar-refractivity contribution in [2.75, 3.05) is 32.8 Å². The third kappa shape index (κ3) is 8.51. The van der Waals surface area contributed by atoms with Gasteiger partial charge in [-0.1, -0.05) is 28.3 Å². The highest BCUT2D eigenvalue weighted by atomic mass is 32.2. The van der Waals surface area contributed by atoms with Crippen LogP contribution in [0.25, 0.3) is 32.3 Å². The molecule has 2 aliphatic rings. The van der Waals surface area contributed by atoms with Crippen LogP contribution in [-0.2, 0) is 48.0 Å². The zero-order chi connectivity index (χ0) is 37.7. The first kappa shape index (κ1) is 38.6. The molecule has 2 heterocycles. The van der Waals surface area contributed by atoms with Crippen LogP contribution in [0, 0.1) is 5.92 Å². The van der Waals surface area contributed by atoms with E-state index in [9.17, 15) is 32.1 Å². The number of piperidine rings is 1. The van der Waals surface area contributed by atoms with Gasteiger partial charge in [0.2, 0.25) is 5.91 Å². The zero-order valence-corrected chi connectivity index (χ0v) is 30.2. The molecule has 1 saturated heterocycles. The molecule has 53 heavy (non-hydrogen) atoms. The second-order valence-electron chi connectivity index (χ2n) is 12.2. The summed E-state index contributed by atoms with van der Waals surface area (Å²) in [5.74, 6) is -1.08. The Morgan fingerprint density at radius 3 is 2.04 bits per heavy atom. The zero-order valence-electron chi connectivity index (χ0n) is 27.7. The van der Waals surface area contributed by atoms with Crippen molar-refractivity contribution < 1.29 is 66.1 Å². The number of unbranched alkanes of at least 4 members (excludes halogenated alkanes) is 2. The van der Waals surface area contributed by atoms with Crippen molar-refractivity contribution in [1.29, 1.82) is 0 Å². The minimum atomic E-state index is -4.75. The van der Waals surface area contributed by atoms with E-state index in [0.717, 1.165) is 6.42 Å². The number of carbonyl (C=O) groups is 4. The molecule has 4 N–H and O–H groups in total.